The summed E-state index contributed by atoms with van der Waals surface area (Å²) < 4.78 is 0. The van der Waals surface area contributed by atoms with Crippen molar-refractivity contribution in [3.05, 3.63) is 207 Å². The van der Waals surface area contributed by atoms with Gasteiger partial charge in [0, 0.05) is 56.9 Å². The average molecular weight is 703 g/mol. The minimum absolute atomic E-state index is 0.882. The van der Waals surface area contributed by atoms with Gasteiger partial charge in [0.1, 0.15) is 0 Å². The van der Waals surface area contributed by atoms with Crippen molar-refractivity contribution in [2.24, 2.45) is 0 Å². The third-order valence-electron chi connectivity index (χ3n) is 10.3. The Morgan fingerprint density at radius 2 is 0.909 bits per heavy atom. The van der Waals surface area contributed by atoms with E-state index in [-0.39, 0.29) is 0 Å². The van der Waals surface area contributed by atoms with Crippen LogP contribution >= 0.6 is 0 Å². The van der Waals surface area contributed by atoms with E-state index in [1.807, 2.05) is 48.8 Å². The number of para-hydroxylation sites is 1. The summed E-state index contributed by atoms with van der Waals surface area (Å²) in [5.74, 6) is 0. The highest BCUT2D eigenvalue weighted by Gasteiger charge is 2.16. The van der Waals surface area contributed by atoms with Crippen molar-refractivity contribution in [1.82, 2.24) is 15.0 Å². The maximum absolute atomic E-state index is 5.17. The molecule has 0 bridgehead atoms. The minimum atomic E-state index is 0.882. The van der Waals surface area contributed by atoms with E-state index in [4.69, 9.17) is 15.0 Å². The molecule has 0 aliphatic carbocycles. The first kappa shape index (κ1) is 32.2. The predicted octanol–water partition coefficient (Wildman–Crippen LogP) is 13.5. The summed E-state index contributed by atoms with van der Waals surface area (Å²) in [5.41, 5.74) is 13.5. The van der Waals surface area contributed by atoms with Gasteiger partial charge < -0.3 is 4.90 Å². The van der Waals surface area contributed by atoms with E-state index in [0.717, 1.165) is 72.5 Å². The van der Waals surface area contributed by atoms with Gasteiger partial charge >= 0.3 is 0 Å². The molecular formula is C51H34N4. The van der Waals surface area contributed by atoms with Crippen LogP contribution in [0.5, 0.6) is 0 Å². The van der Waals surface area contributed by atoms with Gasteiger partial charge in [-0.15, -0.1) is 0 Å². The Bertz CT molecular complexity index is 2830. The molecule has 3 aromatic heterocycles. The molecule has 0 saturated heterocycles. The molecule has 0 fully saturated rings. The molecule has 0 atom stereocenters. The number of hydrogen-bond acceptors (Lipinski definition) is 4. The van der Waals surface area contributed by atoms with Gasteiger partial charge in [-0.1, -0.05) is 127 Å². The van der Waals surface area contributed by atoms with Gasteiger partial charge in [0.2, 0.25) is 0 Å². The lowest BCUT2D eigenvalue weighted by molar-refractivity contribution is 1.28. The molecule has 4 heteroatoms. The summed E-state index contributed by atoms with van der Waals surface area (Å²) in [4.78, 5) is 16.9. The third-order valence-corrected chi connectivity index (χ3v) is 10.3. The second-order valence-corrected chi connectivity index (χ2v) is 13.8. The van der Waals surface area contributed by atoms with Crippen molar-refractivity contribution in [3.8, 4) is 44.8 Å². The molecule has 0 unspecified atom stereocenters. The van der Waals surface area contributed by atoms with Gasteiger partial charge in [0.25, 0.3) is 0 Å². The number of fused-ring (bicyclic) bond motifs is 3. The fourth-order valence-electron chi connectivity index (χ4n) is 7.46. The lowest BCUT2D eigenvalue weighted by atomic mass is 10.0. The second kappa shape index (κ2) is 13.8. The first-order chi connectivity index (χ1) is 27.2. The lowest BCUT2D eigenvalue weighted by Gasteiger charge is -2.26. The van der Waals surface area contributed by atoms with Crippen LogP contribution in [0.15, 0.2) is 207 Å². The van der Waals surface area contributed by atoms with Gasteiger partial charge in [0.15, 0.2) is 0 Å². The fourth-order valence-corrected chi connectivity index (χ4v) is 7.46. The van der Waals surface area contributed by atoms with Crippen LogP contribution in [0.4, 0.5) is 17.1 Å². The zero-order valence-corrected chi connectivity index (χ0v) is 29.9. The molecular weight excluding hydrogens is 669 g/mol. The molecule has 0 radical (unpaired) electrons. The van der Waals surface area contributed by atoms with Crippen LogP contribution in [0.25, 0.3) is 77.3 Å². The summed E-state index contributed by atoms with van der Waals surface area (Å²) >= 11 is 0. The lowest BCUT2D eigenvalue weighted by Crippen LogP contribution is -2.09. The first-order valence-corrected chi connectivity index (χ1v) is 18.5. The van der Waals surface area contributed by atoms with E-state index in [9.17, 15) is 0 Å². The molecule has 10 rings (SSSR count). The van der Waals surface area contributed by atoms with Gasteiger partial charge in [-0.2, -0.15) is 0 Å². The highest BCUT2D eigenvalue weighted by Crippen LogP contribution is 2.39. The quantitative estimate of drug-likeness (QED) is 0.166. The number of hydrogen-bond donors (Lipinski definition) is 0. The van der Waals surface area contributed by atoms with Crippen molar-refractivity contribution < 1.29 is 0 Å². The van der Waals surface area contributed by atoms with E-state index in [1.54, 1.807) is 0 Å². The molecule has 0 amide bonds. The molecule has 258 valence electrons. The molecule has 10 aromatic rings. The Morgan fingerprint density at radius 1 is 0.345 bits per heavy atom. The second-order valence-electron chi connectivity index (χ2n) is 13.8. The molecule has 0 aliphatic heterocycles. The highest BCUT2D eigenvalue weighted by molar-refractivity contribution is 5.94. The van der Waals surface area contributed by atoms with Gasteiger partial charge in [0.05, 0.1) is 22.4 Å². The van der Waals surface area contributed by atoms with Crippen molar-refractivity contribution in [3.63, 3.8) is 0 Å². The molecule has 55 heavy (non-hydrogen) atoms. The number of pyridine rings is 3. The van der Waals surface area contributed by atoms with E-state index < -0.39 is 0 Å². The number of rotatable bonds is 7. The van der Waals surface area contributed by atoms with Gasteiger partial charge in [-0.3, -0.25) is 9.97 Å². The van der Waals surface area contributed by atoms with Crippen LogP contribution in [-0.2, 0) is 0 Å². The number of aromatic nitrogens is 3. The van der Waals surface area contributed by atoms with Crippen LogP contribution in [0, 0.1) is 0 Å². The van der Waals surface area contributed by atoms with Crippen LogP contribution in [0.2, 0.25) is 0 Å². The van der Waals surface area contributed by atoms with Crippen LogP contribution in [0.3, 0.4) is 0 Å². The first-order valence-electron chi connectivity index (χ1n) is 18.5. The number of benzene rings is 7. The summed E-state index contributed by atoms with van der Waals surface area (Å²) in [6, 6.07) is 68.4. The highest BCUT2D eigenvalue weighted by atomic mass is 15.1. The Balaban J connectivity index is 1.03. The molecule has 7 aromatic carbocycles. The summed E-state index contributed by atoms with van der Waals surface area (Å²) in [6.45, 7) is 0. The Labute approximate surface area is 319 Å². The van der Waals surface area contributed by atoms with E-state index in [2.05, 4.69) is 163 Å². The maximum Gasteiger partial charge on any atom is 0.0972 e. The Morgan fingerprint density at radius 3 is 1.64 bits per heavy atom. The van der Waals surface area contributed by atoms with E-state index >= 15 is 0 Å². The van der Waals surface area contributed by atoms with Crippen molar-refractivity contribution in [1.29, 1.82) is 0 Å². The minimum Gasteiger partial charge on any atom is -0.311 e. The summed E-state index contributed by atoms with van der Waals surface area (Å²) in [6.07, 6.45) is 3.79. The Hall–Kier alpha value is -7.43. The monoisotopic (exact) mass is 702 g/mol. The summed E-state index contributed by atoms with van der Waals surface area (Å²) in [7, 11) is 0. The normalized spacial score (nSPS) is 11.3. The molecule has 4 nitrogen and oxygen atoms in total. The standard InChI is InChI=1S/C51H34N4/c1-2-10-39(11-3-1)51-50-43(14-8-30-52-50)33-49(54-51)38-22-28-47(29-23-38)55(45-24-18-36(19-25-45)41-17-16-35-9-4-5-12-40(35)31-41)46-26-20-37(21-27-46)44-32-42-13-6-7-15-48(42)53-34-44/h1-34H. The zero-order valence-electron chi connectivity index (χ0n) is 29.9. The van der Waals surface area contributed by atoms with Crippen molar-refractivity contribution in [2.45, 2.75) is 0 Å². The van der Waals surface area contributed by atoms with Gasteiger partial charge in [-0.05, 0) is 94.2 Å². The van der Waals surface area contributed by atoms with Crippen LogP contribution in [0.1, 0.15) is 0 Å². The molecule has 0 saturated carbocycles. The largest absolute Gasteiger partial charge is 0.311 e. The predicted molar refractivity (Wildman–Crippen MR) is 229 cm³/mol. The van der Waals surface area contributed by atoms with Crippen molar-refractivity contribution in [2.75, 3.05) is 4.90 Å². The SMILES string of the molecule is c1ccc(-c2nc(-c3ccc(N(c4ccc(-c5ccc6ccccc6c5)cc4)c4ccc(-c5cnc6ccccc6c5)cc4)cc3)cc3cccnc23)cc1. The molecule has 3 heterocycles. The number of anilines is 3. The smallest absolute Gasteiger partial charge is 0.0972 e. The Kier molecular flexibility index (Phi) is 8.12. The van der Waals surface area contributed by atoms with E-state index in [1.165, 1.54) is 21.9 Å². The van der Waals surface area contributed by atoms with Gasteiger partial charge in [-0.25, -0.2) is 4.98 Å². The van der Waals surface area contributed by atoms with Crippen molar-refractivity contribution >= 4 is 49.6 Å². The third kappa shape index (κ3) is 6.26. The molecule has 0 aliphatic rings. The molecule has 0 spiro atoms. The topological polar surface area (TPSA) is 41.9 Å². The molecule has 0 N–H and O–H groups in total. The maximum atomic E-state index is 5.17. The van der Waals surface area contributed by atoms with Crippen LogP contribution < -0.4 is 4.90 Å². The number of nitrogens with zero attached hydrogens (tertiary/aromatic N) is 4. The summed E-state index contributed by atoms with van der Waals surface area (Å²) in [5, 5.41) is 4.67. The average Bonchev–Trinajstić information content (AvgIpc) is 3.27. The zero-order chi connectivity index (χ0) is 36.6. The van der Waals surface area contributed by atoms with Crippen LogP contribution in [-0.4, -0.2) is 15.0 Å². The van der Waals surface area contributed by atoms with E-state index in [0.29, 0.717) is 0 Å². The fraction of sp³-hybridized carbons (Fsp3) is 0.